The summed E-state index contributed by atoms with van der Waals surface area (Å²) >= 11 is 6.50. The van der Waals surface area contributed by atoms with Crippen molar-refractivity contribution in [3.63, 3.8) is 0 Å². The lowest BCUT2D eigenvalue weighted by Gasteiger charge is -2.16. The first-order chi connectivity index (χ1) is 17.8. The molecule has 0 saturated heterocycles. The van der Waals surface area contributed by atoms with Crippen LogP contribution >= 0.6 is 11.6 Å². The molecule has 2 aromatic carbocycles. The maximum Gasteiger partial charge on any atom is 0.306 e. The van der Waals surface area contributed by atoms with Gasteiger partial charge in [0.2, 0.25) is 5.88 Å². The molecule has 0 amide bonds. The van der Waals surface area contributed by atoms with Gasteiger partial charge in [-0.1, -0.05) is 29.8 Å². The van der Waals surface area contributed by atoms with Crippen molar-refractivity contribution in [2.24, 2.45) is 5.92 Å². The van der Waals surface area contributed by atoms with Crippen LogP contribution in [0.25, 0.3) is 11.1 Å². The van der Waals surface area contributed by atoms with Gasteiger partial charge < -0.3 is 29.5 Å². The van der Waals surface area contributed by atoms with Crippen LogP contribution in [0.2, 0.25) is 5.02 Å². The number of aromatic nitrogens is 1. The SMILES string of the molecule is CCO[C@@H](CC(=O)O)c1ccc(OCc2ccc(Cl)c(-c3ccc(OCC(CO)CO)nc3C)c2)cc1. The number of halogens is 1. The molecule has 1 heterocycles. The van der Waals surface area contributed by atoms with Gasteiger partial charge in [0.05, 0.1) is 32.3 Å². The molecule has 0 radical (unpaired) electrons. The second-order valence-corrected chi connectivity index (χ2v) is 8.95. The summed E-state index contributed by atoms with van der Waals surface area (Å²) in [6.45, 7) is 4.26. The van der Waals surface area contributed by atoms with Crippen molar-refractivity contribution in [1.29, 1.82) is 0 Å². The largest absolute Gasteiger partial charge is 0.489 e. The zero-order valence-corrected chi connectivity index (χ0v) is 21.6. The first-order valence-corrected chi connectivity index (χ1v) is 12.4. The number of aliphatic carboxylic acids is 1. The number of ether oxygens (including phenoxy) is 3. The third-order valence-corrected chi connectivity index (χ3v) is 6.08. The number of aliphatic hydroxyl groups excluding tert-OH is 2. The molecule has 198 valence electrons. The van der Waals surface area contributed by atoms with Gasteiger partial charge in [-0.25, -0.2) is 4.98 Å². The molecule has 0 bridgehead atoms. The van der Waals surface area contributed by atoms with Crippen molar-refractivity contribution in [1.82, 2.24) is 4.98 Å². The zero-order chi connectivity index (χ0) is 26.8. The highest BCUT2D eigenvalue weighted by Crippen LogP contribution is 2.32. The van der Waals surface area contributed by atoms with Crippen molar-refractivity contribution in [2.75, 3.05) is 26.4 Å². The van der Waals surface area contributed by atoms with Crippen LogP contribution in [-0.4, -0.2) is 52.7 Å². The molecule has 3 aromatic rings. The number of carboxylic acid groups (broad SMARTS) is 1. The number of carboxylic acids is 1. The van der Waals surface area contributed by atoms with E-state index in [4.69, 9.17) is 30.9 Å². The van der Waals surface area contributed by atoms with Gasteiger partial charge >= 0.3 is 5.97 Å². The van der Waals surface area contributed by atoms with E-state index in [1.54, 1.807) is 18.2 Å². The lowest BCUT2D eigenvalue weighted by atomic mass is 10.0. The van der Waals surface area contributed by atoms with Gasteiger partial charge in [0.15, 0.2) is 0 Å². The molecule has 0 aliphatic rings. The number of benzene rings is 2. The van der Waals surface area contributed by atoms with E-state index < -0.39 is 12.1 Å². The van der Waals surface area contributed by atoms with Crippen LogP contribution in [0.3, 0.4) is 0 Å². The Hall–Kier alpha value is -3.17. The van der Waals surface area contributed by atoms with Crippen LogP contribution in [0.15, 0.2) is 54.6 Å². The first-order valence-electron chi connectivity index (χ1n) is 12.0. The van der Waals surface area contributed by atoms with Crippen molar-refractivity contribution >= 4 is 17.6 Å². The average molecular weight is 530 g/mol. The van der Waals surface area contributed by atoms with Crippen molar-refractivity contribution in [2.45, 2.75) is 33.0 Å². The summed E-state index contributed by atoms with van der Waals surface area (Å²) < 4.78 is 17.1. The zero-order valence-electron chi connectivity index (χ0n) is 20.9. The van der Waals surface area contributed by atoms with Crippen LogP contribution in [0.1, 0.15) is 36.3 Å². The Labute approximate surface area is 221 Å². The second kappa shape index (κ2) is 13.9. The first kappa shape index (κ1) is 28.4. The smallest absolute Gasteiger partial charge is 0.306 e. The normalized spacial score (nSPS) is 11.9. The summed E-state index contributed by atoms with van der Waals surface area (Å²) in [5, 5.41) is 28.1. The average Bonchev–Trinajstić information content (AvgIpc) is 2.89. The quantitative estimate of drug-likeness (QED) is 0.272. The number of aryl methyl sites for hydroxylation is 1. The standard InChI is InChI=1S/C28H32ClNO7/c1-3-35-26(13-28(33)34)21-5-7-22(8-6-21)36-16-19-4-10-25(29)24(12-19)23-9-11-27(30-18(23)2)37-17-20(14-31)15-32/h4-12,20,26,31-32H,3,13-17H2,1-2H3,(H,33,34)/t26-/m0/s1. The third-order valence-electron chi connectivity index (χ3n) is 5.75. The summed E-state index contributed by atoms with van der Waals surface area (Å²) in [7, 11) is 0. The predicted octanol–water partition coefficient (Wildman–Crippen LogP) is 4.82. The maximum absolute atomic E-state index is 11.1. The Bertz CT molecular complexity index is 1170. The van der Waals surface area contributed by atoms with Gasteiger partial charge in [-0.3, -0.25) is 4.79 Å². The Kier molecular flexibility index (Phi) is 10.7. The Morgan fingerprint density at radius 1 is 1.00 bits per heavy atom. The maximum atomic E-state index is 11.1. The molecular weight excluding hydrogens is 498 g/mol. The molecule has 9 heteroatoms. The topological polar surface area (TPSA) is 118 Å². The number of hydrogen-bond donors (Lipinski definition) is 3. The lowest BCUT2D eigenvalue weighted by Crippen LogP contribution is -2.20. The molecule has 0 fully saturated rings. The van der Waals surface area contributed by atoms with Gasteiger partial charge in [0, 0.05) is 40.4 Å². The predicted molar refractivity (Wildman–Crippen MR) is 140 cm³/mol. The van der Waals surface area contributed by atoms with Crippen LogP contribution in [0.4, 0.5) is 0 Å². The monoisotopic (exact) mass is 529 g/mol. The minimum absolute atomic E-state index is 0.102. The van der Waals surface area contributed by atoms with Crippen LogP contribution < -0.4 is 9.47 Å². The number of aliphatic hydroxyl groups is 2. The van der Waals surface area contributed by atoms with Crippen molar-refractivity contribution in [3.8, 4) is 22.8 Å². The number of pyridine rings is 1. The fourth-order valence-corrected chi connectivity index (χ4v) is 3.94. The number of hydrogen-bond acceptors (Lipinski definition) is 7. The summed E-state index contributed by atoms with van der Waals surface area (Å²) in [5.41, 5.74) is 4.08. The van der Waals surface area contributed by atoms with E-state index in [1.165, 1.54) is 0 Å². The molecule has 3 N–H and O–H groups in total. The Morgan fingerprint density at radius 3 is 2.35 bits per heavy atom. The van der Waals surface area contributed by atoms with Crippen LogP contribution in [0.5, 0.6) is 11.6 Å². The fourth-order valence-electron chi connectivity index (χ4n) is 3.72. The number of carbonyl (C=O) groups is 1. The van der Waals surface area contributed by atoms with E-state index in [2.05, 4.69) is 4.98 Å². The highest BCUT2D eigenvalue weighted by atomic mass is 35.5. The third kappa shape index (κ3) is 8.16. The molecule has 8 nitrogen and oxygen atoms in total. The van der Waals surface area contributed by atoms with Gasteiger partial charge in [0.1, 0.15) is 12.4 Å². The molecule has 37 heavy (non-hydrogen) atoms. The Morgan fingerprint density at radius 2 is 1.73 bits per heavy atom. The molecule has 3 rings (SSSR count). The molecular formula is C28H32ClNO7. The minimum Gasteiger partial charge on any atom is -0.489 e. The van der Waals surface area contributed by atoms with Crippen molar-refractivity contribution < 1.29 is 34.3 Å². The summed E-state index contributed by atoms with van der Waals surface area (Å²) in [6, 6.07) is 16.5. The minimum atomic E-state index is -0.915. The van der Waals surface area contributed by atoms with E-state index in [0.29, 0.717) is 29.9 Å². The van der Waals surface area contributed by atoms with E-state index >= 15 is 0 Å². The van der Waals surface area contributed by atoms with E-state index in [9.17, 15) is 15.0 Å². The van der Waals surface area contributed by atoms with E-state index in [1.807, 2.05) is 50.2 Å². The number of rotatable bonds is 14. The molecule has 0 unspecified atom stereocenters. The molecule has 1 atom stereocenters. The summed E-state index contributed by atoms with van der Waals surface area (Å²) in [4.78, 5) is 15.6. The van der Waals surface area contributed by atoms with Crippen LogP contribution in [-0.2, 0) is 16.1 Å². The van der Waals surface area contributed by atoms with E-state index in [-0.39, 0.29) is 32.2 Å². The van der Waals surface area contributed by atoms with Crippen molar-refractivity contribution in [3.05, 3.63) is 76.4 Å². The van der Waals surface area contributed by atoms with E-state index in [0.717, 1.165) is 27.9 Å². The van der Waals surface area contributed by atoms with Gasteiger partial charge in [-0.15, -0.1) is 0 Å². The molecule has 0 aliphatic heterocycles. The highest BCUT2D eigenvalue weighted by Gasteiger charge is 2.16. The van der Waals surface area contributed by atoms with Gasteiger partial charge in [-0.05, 0) is 55.3 Å². The Balaban J connectivity index is 1.68. The molecule has 1 aromatic heterocycles. The summed E-state index contributed by atoms with van der Waals surface area (Å²) in [5.74, 6) is -0.224. The number of nitrogens with zero attached hydrogens (tertiary/aromatic N) is 1. The molecule has 0 aliphatic carbocycles. The molecule has 0 saturated carbocycles. The van der Waals surface area contributed by atoms with Crippen LogP contribution in [0, 0.1) is 12.8 Å². The van der Waals surface area contributed by atoms with Gasteiger partial charge in [0.25, 0.3) is 0 Å². The summed E-state index contributed by atoms with van der Waals surface area (Å²) in [6.07, 6.45) is -0.607. The van der Waals surface area contributed by atoms with Gasteiger partial charge in [-0.2, -0.15) is 0 Å². The molecule has 0 spiro atoms. The lowest BCUT2D eigenvalue weighted by molar-refractivity contribution is -0.140. The highest BCUT2D eigenvalue weighted by molar-refractivity contribution is 6.33. The second-order valence-electron chi connectivity index (χ2n) is 8.54. The fraction of sp³-hybridized carbons (Fsp3) is 0.357.